The van der Waals surface area contributed by atoms with Crippen molar-refractivity contribution in [3.05, 3.63) is 12.7 Å². The van der Waals surface area contributed by atoms with Crippen LogP contribution in [-0.2, 0) is 45.9 Å². The van der Waals surface area contributed by atoms with Gasteiger partial charge in [0, 0.05) is 24.9 Å². The largest absolute Gasteiger partial charge is 0.481 e. The van der Waals surface area contributed by atoms with Crippen LogP contribution in [0, 0.1) is 10.8 Å². The highest BCUT2D eigenvalue weighted by atomic mass is 31.3. The first-order valence-corrected chi connectivity index (χ1v) is 19.8. The summed E-state index contributed by atoms with van der Waals surface area (Å²) in [5.74, 6) is -1.23. The molecule has 2 aromatic heterocycles. The van der Waals surface area contributed by atoms with E-state index in [-0.39, 0.29) is 41.3 Å². The molecule has 26 heteroatoms. The predicted octanol–water partition coefficient (Wildman–Crippen LogP) is -0.740. The Balaban J connectivity index is 1.56. The van der Waals surface area contributed by atoms with Crippen LogP contribution in [0.3, 0.4) is 0 Å². The van der Waals surface area contributed by atoms with Crippen molar-refractivity contribution in [3.63, 3.8) is 0 Å². The van der Waals surface area contributed by atoms with E-state index in [1.807, 2.05) is 20.8 Å². The number of nitrogens with one attached hydrogen (secondary N) is 3. The second-order valence-corrected chi connectivity index (χ2v) is 17.7. The lowest BCUT2D eigenvalue weighted by atomic mass is 9.87. The number of aliphatic hydroxyl groups excluding tert-OH is 2. The molecule has 3 rings (SSSR count). The zero-order valence-electron chi connectivity index (χ0n) is 28.3. The second-order valence-electron chi connectivity index (χ2n) is 13.4. The topological polar surface area (TPSA) is 348 Å². The van der Waals surface area contributed by atoms with E-state index in [0.29, 0.717) is 6.54 Å². The van der Waals surface area contributed by atoms with Crippen molar-refractivity contribution >= 4 is 52.3 Å². The van der Waals surface area contributed by atoms with E-state index in [9.17, 15) is 53.1 Å². The number of nitrogens with zero attached hydrogens (tertiary/aromatic N) is 3. The summed E-state index contributed by atoms with van der Waals surface area (Å²) in [5, 5.41) is 26.5. The number of H-pyrrole nitrogens is 1. The molecule has 51 heavy (non-hydrogen) atoms. The summed E-state index contributed by atoms with van der Waals surface area (Å²) in [6.07, 6.45) is -5.74. The van der Waals surface area contributed by atoms with E-state index in [0.717, 1.165) is 12.7 Å². The fourth-order valence-corrected chi connectivity index (χ4v) is 7.40. The molecular weight excluding hydrogens is 747 g/mol. The Kier molecular flexibility index (Phi) is 14.1. The Morgan fingerprint density at radius 1 is 1.06 bits per heavy atom. The quantitative estimate of drug-likeness (QED) is 0.0656. The molecule has 3 heterocycles. The molecule has 1 aliphatic heterocycles. The highest BCUT2D eigenvalue weighted by Crippen LogP contribution is 2.61. The highest BCUT2D eigenvalue weighted by molar-refractivity contribution is 7.61. The van der Waals surface area contributed by atoms with Gasteiger partial charge >= 0.3 is 29.1 Å². The van der Waals surface area contributed by atoms with Crippen LogP contribution in [0.5, 0.6) is 0 Å². The molecule has 1 aliphatic rings. The van der Waals surface area contributed by atoms with Crippen LogP contribution in [0.15, 0.2) is 12.7 Å². The lowest BCUT2D eigenvalue weighted by molar-refractivity contribution is -0.745. The second kappa shape index (κ2) is 16.7. The van der Waals surface area contributed by atoms with Gasteiger partial charge in [0.25, 0.3) is 0 Å². The average molecular weight is 793 g/mol. The lowest BCUT2D eigenvalue weighted by Crippen LogP contribution is -2.46. The average Bonchev–Trinajstić information content (AvgIpc) is 3.54. The summed E-state index contributed by atoms with van der Waals surface area (Å²) in [5.41, 5.74) is 4.55. The molecule has 290 valence electrons. The molecule has 0 spiro atoms. The highest BCUT2D eigenvalue weighted by Gasteiger charge is 2.52. The normalized spacial score (nSPS) is 23.0. The lowest BCUT2D eigenvalue weighted by Gasteiger charge is -2.30. The van der Waals surface area contributed by atoms with Crippen LogP contribution in [-0.4, -0.2) is 107 Å². The van der Waals surface area contributed by atoms with Crippen molar-refractivity contribution in [1.29, 1.82) is 0 Å². The van der Waals surface area contributed by atoms with Crippen molar-refractivity contribution in [2.45, 2.75) is 78.1 Å². The van der Waals surface area contributed by atoms with E-state index in [1.165, 1.54) is 24.7 Å². The minimum Gasteiger partial charge on any atom is -0.384 e. The van der Waals surface area contributed by atoms with E-state index in [2.05, 4.69) is 34.4 Å². The van der Waals surface area contributed by atoms with Gasteiger partial charge in [0.05, 0.1) is 13.2 Å². The summed E-state index contributed by atoms with van der Waals surface area (Å²) in [6, 6.07) is 0. The maximum absolute atomic E-state index is 12.6. The fourth-order valence-electron chi connectivity index (χ4n) is 4.57. The summed E-state index contributed by atoms with van der Waals surface area (Å²) < 4.78 is 62.1. The number of imidazole rings is 1. The summed E-state index contributed by atoms with van der Waals surface area (Å²) in [7, 11) is -16.3. The zero-order chi connectivity index (χ0) is 38.6. The van der Waals surface area contributed by atoms with Gasteiger partial charge < -0.3 is 50.9 Å². The number of carbonyl (C=O) groups excluding carboxylic acids is 2. The van der Waals surface area contributed by atoms with Gasteiger partial charge in [0.1, 0.15) is 24.4 Å². The molecule has 0 bridgehead atoms. The summed E-state index contributed by atoms with van der Waals surface area (Å²) in [4.78, 5) is 74.1. The Bertz CT molecular complexity index is 1680. The van der Waals surface area contributed by atoms with Gasteiger partial charge in [-0.15, -0.1) is 0 Å². The van der Waals surface area contributed by atoms with E-state index < -0.39 is 78.6 Å². The number of fused-ring (bicyclic) bond motifs is 1. The molecule has 7 atom stereocenters. The number of phosphoric acid groups is 3. The number of hydrogen-bond donors (Lipinski definition) is 10. The van der Waals surface area contributed by atoms with Gasteiger partial charge in [-0.2, -0.15) is 9.29 Å². The molecule has 0 aromatic carbocycles. The van der Waals surface area contributed by atoms with Gasteiger partial charge in [0.15, 0.2) is 18.5 Å². The Hall–Kier alpha value is -2.46. The van der Waals surface area contributed by atoms with E-state index in [1.54, 1.807) is 0 Å². The smallest absolute Gasteiger partial charge is 0.384 e. The maximum atomic E-state index is 12.6. The number of aromatic amines is 1. The number of aliphatic hydroxyl groups is 2. The molecule has 7 unspecified atom stereocenters. The number of anilines is 1. The molecule has 0 radical (unpaired) electrons. The van der Waals surface area contributed by atoms with Crippen LogP contribution >= 0.6 is 23.5 Å². The predicted molar refractivity (Wildman–Crippen MR) is 172 cm³/mol. The fraction of sp³-hybridized carbons (Fsp3) is 0.720. The Morgan fingerprint density at radius 2 is 1.71 bits per heavy atom. The third-order valence-electron chi connectivity index (χ3n) is 7.34. The number of hydrogen-bond acceptors (Lipinski definition) is 15. The van der Waals surface area contributed by atoms with Crippen molar-refractivity contribution in [2.24, 2.45) is 10.8 Å². The SMILES string of the molecule is CC(C)(C)CCNC(=O)CCNC(=O)C(O)C(C)(C)COP(=O)(O)OP(=O)(O)OCC1OC([n+]2c[nH]c3c(N)ncnc32)C(O)C1OP(=O)(O)O. The summed E-state index contributed by atoms with van der Waals surface area (Å²) >= 11 is 0. The molecule has 0 aliphatic carbocycles. The minimum atomic E-state index is -5.54. The van der Waals surface area contributed by atoms with E-state index in [4.69, 9.17) is 19.5 Å². The summed E-state index contributed by atoms with van der Waals surface area (Å²) in [6.45, 7) is 6.97. The molecule has 1 saturated heterocycles. The number of phosphoric ester groups is 3. The van der Waals surface area contributed by atoms with Gasteiger partial charge in [-0.05, 0) is 11.8 Å². The van der Waals surface area contributed by atoms with Gasteiger partial charge in [0.2, 0.25) is 23.6 Å². The van der Waals surface area contributed by atoms with Gasteiger partial charge in [-0.25, -0.2) is 18.3 Å². The van der Waals surface area contributed by atoms with Gasteiger partial charge in [-0.3, -0.25) is 28.1 Å². The standard InChI is InChI=1S/C25H44N7O16P3/c1-24(2,3)7-9-27-15(33)6-8-28-22(36)19(35)25(4,5)11-45-51(42,43)48-50(40,41)44-10-14-18(47-49(37,38)39)17(34)23(46-14)32-13-31-16-20(26)29-12-30-21(16)32/h12-14,17-19,23,34-35H,6-11H2,1-5H3,(H8,26,27,28,29,30,33,36,37,38,39,40,41,42,43)/p+1. The number of nitrogen functional groups attached to an aromatic ring is 1. The third kappa shape index (κ3) is 12.9. The van der Waals surface area contributed by atoms with Crippen LogP contribution in [0.1, 0.15) is 53.7 Å². The Labute approximate surface area is 291 Å². The van der Waals surface area contributed by atoms with Crippen LogP contribution in [0.25, 0.3) is 11.2 Å². The monoisotopic (exact) mass is 792 g/mol. The van der Waals surface area contributed by atoms with Crippen LogP contribution in [0.2, 0.25) is 0 Å². The first-order valence-electron chi connectivity index (χ1n) is 15.3. The number of rotatable bonds is 18. The van der Waals surface area contributed by atoms with Crippen molar-refractivity contribution in [1.82, 2.24) is 25.6 Å². The molecule has 11 N–H and O–H groups in total. The minimum absolute atomic E-state index is 0.0179. The van der Waals surface area contributed by atoms with E-state index >= 15 is 0 Å². The molecule has 2 amide bonds. The number of nitrogens with two attached hydrogens (primary N) is 1. The first kappa shape index (κ1) is 42.9. The number of aromatic nitrogens is 4. The van der Waals surface area contributed by atoms with Crippen molar-refractivity contribution in [3.8, 4) is 0 Å². The third-order valence-corrected chi connectivity index (χ3v) is 10.4. The number of ether oxygens (including phenoxy) is 1. The van der Waals surface area contributed by atoms with Crippen LogP contribution in [0.4, 0.5) is 5.82 Å². The van der Waals surface area contributed by atoms with Crippen molar-refractivity contribution < 1.29 is 80.3 Å². The number of amides is 2. The molecule has 0 saturated carbocycles. The van der Waals surface area contributed by atoms with Gasteiger partial charge in [-0.1, -0.05) is 39.6 Å². The maximum Gasteiger partial charge on any atom is 0.481 e. The molecule has 23 nitrogen and oxygen atoms in total. The molecule has 1 fully saturated rings. The van der Waals surface area contributed by atoms with Crippen LogP contribution < -0.4 is 20.9 Å². The zero-order valence-corrected chi connectivity index (χ0v) is 31.0. The molecular formula is C25H45N7O16P3+. The first-order chi connectivity index (χ1) is 23.3. The Morgan fingerprint density at radius 3 is 2.33 bits per heavy atom. The molecule has 2 aromatic rings. The number of carbonyl (C=O) groups is 2. The van der Waals surface area contributed by atoms with Crippen molar-refractivity contribution in [2.75, 3.05) is 32.0 Å².